The number of pyridine rings is 1. The van der Waals surface area contributed by atoms with E-state index in [2.05, 4.69) is 24.6 Å². The Morgan fingerprint density at radius 2 is 1.69 bits per heavy atom. The van der Waals surface area contributed by atoms with E-state index in [0.717, 1.165) is 47.9 Å². The largest absolute Gasteiger partial charge is 0.460 e. The van der Waals surface area contributed by atoms with Crippen molar-refractivity contribution in [1.29, 1.82) is 0 Å². The van der Waals surface area contributed by atoms with Gasteiger partial charge >= 0.3 is 0 Å². The van der Waals surface area contributed by atoms with Crippen molar-refractivity contribution in [3.05, 3.63) is 154 Å². The van der Waals surface area contributed by atoms with Gasteiger partial charge in [0.25, 0.3) is 5.69 Å². The summed E-state index contributed by atoms with van der Waals surface area (Å²) in [7, 11) is -2.80. The van der Waals surface area contributed by atoms with Crippen molar-refractivity contribution < 1.29 is 42.6 Å². The summed E-state index contributed by atoms with van der Waals surface area (Å²) in [6.45, 7) is 8.19. The number of non-ortho nitro benzene ring substituents is 1. The number of para-hydroxylation sites is 1. The van der Waals surface area contributed by atoms with Gasteiger partial charge in [-0.1, -0.05) is 54.4 Å². The molecule has 14 nitrogen and oxygen atoms in total. The third kappa shape index (κ3) is 9.61. The number of likely N-dealkylation sites (N-methyl/N-ethyl adjacent to an activating group) is 1. The Morgan fingerprint density at radius 1 is 0.955 bits per heavy atom. The molecule has 0 spiro atoms. The molecule has 2 heterocycles. The Morgan fingerprint density at radius 3 is 2.42 bits per heavy atom. The molecule has 352 valence electrons. The van der Waals surface area contributed by atoms with Crippen LogP contribution in [-0.2, 0) is 26.2 Å². The fourth-order valence-corrected chi connectivity index (χ4v) is 11.7. The molecule has 0 radical (unpaired) electrons. The summed E-state index contributed by atoms with van der Waals surface area (Å²) in [5, 5.41) is 36.9. The highest BCUT2D eigenvalue weighted by Gasteiger charge is 2.65. The smallest absolute Gasteiger partial charge is 0.269 e. The van der Waals surface area contributed by atoms with Gasteiger partial charge in [-0.15, -0.1) is 6.58 Å². The van der Waals surface area contributed by atoms with Crippen LogP contribution in [0.3, 0.4) is 0 Å². The molecule has 1 saturated carbocycles. The lowest BCUT2D eigenvalue weighted by atomic mass is 9.55. The van der Waals surface area contributed by atoms with Gasteiger partial charge in [0.15, 0.2) is 0 Å². The highest BCUT2D eigenvalue weighted by molar-refractivity contribution is 7.89. The molecule has 1 aromatic heterocycles. The molecule has 5 aromatic rings. The van der Waals surface area contributed by atoms with E-state index in [1.807, 2.05) is 55.5 Å². The lowest BCUT2D eigenvalue weighted by Crippen LogP contribution is -2.69. The first-order valence-electron chi connectivity index (χ1n) is 22.9. The van der Waals surface area contributed by atoms with Gasteiger partial charge in [-0.3, -0.25) is 15.1 Å². The number of oxime groups is 1. The lowest BCUT2D eigenvalue weighted by molar-refractivity contribution is -0.384. The van der Waals surface area contributed by atoms with E-state index in [1.165, 1.54) is 16.4 Å². The van der Waals surface area contributed by atoms with Crippen LogP contribution in [0, 0.1) is 41.7 Å². The number of hydrogen-bond donors (Lipinski definition) is 2. The number of nitrogens with zero attached hydrogens (tertiary/aromatic N) is 4. The maximum absolute atomic E-state index is 15.3. The number of rotatable bonds is 20. The summed E-state index contributed by atoms with van der Waals surface area (Å²) in [6, 6.07) is 25.4. The molecule has 0 amide bonds. The summed E-state index contributed by atoms with van der Waals surface area (Å²) in [5.74, 6) is -0.941. The molecule has 0 bridgehead atoms. The molecule has 6 atom stereocenters. The Balaban J connectivity index is 1.33. The number of aliphatic hydroxyl groups excluding tert-OH is 2. The van der Waals surface area contributed by atoms with E-state index < -0.39 is 32.7 Å². The van der Waals surface area contributed by atoms with Gasteiger partial charge in [-0.2, -0.15) is 4.31 Å². The number of aryl methyl sites for hydroxylation is 2. The second kappa shape index (κ2) is 20.5. The number of unbranched alkanes of at least 4 members (excludes halogenated alkanes) is 2. The van der Waals surface area contributed by atoms with Crippen LogP contribution in [0.4, 0.5) is 5.69 Å². The van der Waals surface area contributed by atoms with Gasteiger partial charge < -0.3 is 29.3 Å². The topological polar surface area (TPSA) is 183 Å². The Hall–Kier alpha value is -5.97. The molecule has 2 aliphatic carbocycles. The zero-order chi connectivity index (χ0) is 47.3. The number of ether oxygens (including phenoxy) is 3. The van der Waals surface area contributed by atoms with Crippen molar-refractivity contribution in [2.45, 2.75) is 88.0 Å². The van der Waals surface area contributed by atoms with E-state index in [9.17, 15) is 20.3 Å². The number of nitro benzene ring substituents is 1. The lowest BCUT2D eigenvalue weighted by Gasteiger charge is -2.59. The van der Waals surface area contributed by atoms with Crippen LogP contribution < -0.4 is 9.47 Å². The number of fused-ring (bicyclic) bond motifs is 3. The van der Waals surface area contributed by atoms with Crippen molar-refractivity contribution in [2.24, 2.45) is 22.9 Å². The second-order valence-electron chi connectivity index (χ2n) is 17.7. The average molecular weight is 931 g/mol. The average Bonchev–Trinajstić information content (AvgIpc) is 3.33. The number of aliphatic hydroxyl groups is 2. The van der Waals surface area contributed by atoms with Gasteiger partial charge in [0.1, 0.15) is 28.8 Å². The monoisotopic (exact) mass is 930 g/mol. The van der Waals surface area contributed by atoms with Crippen molar-refractivity contribution in [1.82, 2.24) is 9.29 Å². The number of allylic oxidation sites excluding steroid dienone is 1. The van der Waals surface area contributed by atoms with E-state index in [0.29, 0.717) is 52.3 Å². The predicted molar refractivity (Wildman–Crippen MR) is 256 cm³/mol. The number of hydrogen-bond acceptors (Lipinski definition) is 12. The summed E-state index contributed by atoms with van der Waals surface area (Å²) >= 11 is 0. The molecular weight excluding hydrogens is 873 g/mol. The molecule has 3 aliphatic rings. The highest BCUT2D eigenvalue weighted by Crippen LogP contribution is 2.62. The van der Waals surface area contributed by atoms with Crippen LogP contribution in [-0.4, -0.2) is 77.3 Å². The molecule has 15 heteroatoms. The van der Waals surface area contributed by atoms with Crippen molar-refractivity contribution >= 4 is 32.3 Å². The first-order chi connectivity index (χ1) is 32.4. The van der Waals surface area contributed by atoms with Gasteiger partial charge in [-0.25, -0.2) is 8.42 Å². The van der Waals surface area contributed by atoms with Crippen molar-refractivity contribution in [2.75, 3.05) is 26.9 Å². The molecule has 67 heavy (non-hydrogen) atoms. The molecule has 0 unspecified atom stereocenters. The summed E-state index contributed by atoms with van der Waals surface area (Å²) in [4.78, 5) is 21.6. The van der Waals surface area contributed by atoms with Gasteiger partial charge in [0.2, 0.25) is 15.8 Å². The van der Waals surface area contributed by atoms with Crippen LogP contribution in [0.5, 0.6) is 17.2 Å². The molecule has 2 N–H and O–H groups in total. The molecule has 8 rings (SSSR count). The van der Waals surface area contributed by atoms with Crippen molar-refractivity contribution in [3.8, 4) is 17.2 Å². The summed E-state index contributed by atoms with van der Waals surface area (Å²) < 4.78 is 52.8. The van der Waals surface area contributed by atoms with Crippen LogP contribution in [0.1, 0.15) is 73.1 Å². The summed E-state index contributed by atoms with van der Waals surface area (Å²) in [6.07, 6.45) is 9.60. The zero-order valence-corrected chi connectivity index (χ0v) is 38.9. The first-order valence-corrected chi connectivity index (χ1v) is 24.3. The Kier molecular flexibility index (Phi) is 14.5. The maximum Gasteiger partial charge on any atom is 0.269 e. The second-order valence-corrected chi connectivity index (χ2v) is 19.6. The predicted octanol–water partition coefficient (Wildman–Crippen LogP) is 9.71. The number of aromatic nitrogens is 1. The molecule has 0 saturated heterocycles. The fourth-order valence-electron chi connectivity index (χ4n) is 10.2. The van der Waals surface area contributed by atoms with Crippen LogP contribution in [0.25, 0.3) is 10.9 Å². The number of nitro groups is 1. The standard InChI is InChI=1S/C52H58N4O10S/c1-5-28-63-52-48(55(4)67(61,62)47-16-10-13-37-14-11-25-53-51(37)47)32-45(54-64-33-36-18-20-39(21-19-36)56(59)60)43-30-38(12-6-8-26-57)42(15-7-9-27-58)49(50(43)52)44-31-41(23-24-46(44)66-52)65-40-22-17-34(2)35(3)29-40/h5,10-11,13-14,16-25,29-31,38,42,48-50,57-58H,1,6-9,12,15,26-28,32-33H2,2-4H3/t38-,42+,48-,49+,50+,52+/m0/s1. The zero-order valence-electron chi connectivity index (χ0n) is 38.1. The maximum atomic E-state index is 15.3. The van der Waals surface area contributed by atoms with E-state index >= 15 is 8.42 Å². The number of benzene rings is 4. The van der Waals surface area contributed by atoms with Gasteiger partial charge in [0, 0.05) is 61.9 Å². The molecule has 1 aliphatic heterocycles. The SMILES string of the molecule is C=CCO[C@@]12Oc3ccc(Oc4ccc(C)c(C)c4)cc3[C@H]3[C@H](CCCCO)[C@@H](CCCCO)C=C(C(=NOCc4ccc([N+](=O)[O-])cc4)C[C@@H]1N(C)S(=O)(=O)c1cccc4cccnc14)[C@H]32. The van der Waals surface area contributed by atoms with Gasteiger partial charge in [-0.05, 0) is 128 Å². The van der Waals surface area contributed by atoms with Crippen molar-refractivity contribution in [3.63, 3.8) is 0 Å². The Bertz CT molecular complexity index is 2770. The highest BCUT2D eigenvalue weighted by atomic mass is 32.2. The number of sulfonamides is 1. The van der Waals surface area contributed by atoms with Crippen LogP contribution >= 0.6 is 0 Å². The van der Waals surface area contributed by atoms with E-state index in [1.54, 1.807) is 49.7 Å². The normalized spacial score (nSPS) is 22.7. The third-order valence-corrected chi connectivity index (χ3v) is 15.5. The molecular formula is C52H58N4O10S. The minimum atomic E-state index is -4.34. The minimum Gasteiger partial charge on any atom is -0.460 e. The Labute approximate surface area is 391 Å². The van der Waals surface area contributed by atoms with E-state index in [4.69, 9.17) is 24.2 Å². The minimum absolute atomic E-state index is 0.0102. The van der Waals surface area contributed by atoms with Crippen LogP contribution in [0.15, 0.2) is 132 Å². The molecule has 4 aromatic carbocycles. The van der Waals surface area contributed by atoms with E-state index in [-0.39, 0.29) is 61.2 Å². The molecule has 1 fully saturated rings. The summed E-state index contributed by atoms with van der Waals surface area (Å²) in [5.41, 5.74) is 5.34. The van der Waals surface area contributed by atoms with Gasteiger partial charge in [0.05, 0.1) is 34.7 Å². The van der Waals surface area contributed by atoms with Crippen LogP contribution in [0.2, 0.25) is 0 Å². The fraction of sp³-hybridized carbons (Fsp3) is 0.385. The third-order valence-electron chi connectivity index (χ3n) is 13.6. The quantitative estimate of drug-likeness (QED) is 0.0328. The first kappa shape index (κ1) is 47.5.